The molecule has 0 saturated carbocycles. The second-order valence-corrected chi connectivity index (χ2v) is 5.18. The topological polar surface area (TPSA) is 50.3 Å². The third kappa shape index (κ3) is 2.14. The minimum atomic E-state index is 0.625. The summed E-state index contributed by atoms with van der Waals surface area (Å²) in [6.07, 6.45) is 2.62. The van der Waals surface area contributed by atoms with E-state index in [2.05, 4.69) is 20.2 Å². The van der Waals surface area contributed by atoms with Crippen LogP contribution in [0.1, 0.15) is 18.7 Å². The highest BCUT2D eigenvalue weighted by atomic mass is 16.5. The van der Waals surface area contributed by atoms with Gasteiger partial charge in [-0.2, -0.15) is 4.98 Å². The van der Waals surface area contributed by atoms with Gasteiger partial charge in [-0.25, -0.2) is 4.98 Å². The molecular weight excluding hydrogens is 228 g/mol. The zero-order valence-corrected chi connectivity index (χ0v) is 11.0. The Bertz CT molecular complexity index is 423. The molecule has 2 fully saturated rings. The summed E-state index contributed by atoms with van der Waals surface area (Å²) in [5.41, 5.74) is 0. The molecule has 0 radical (unpaired) electrons. The van der Waals surface area contributed by atoms with E-state index in [1.54, 1.807) is 7.11 Å². The average molecular weight is 248 g/mol. The number of aromatic nitrogens is 2. The van der Waals surface area contributed by atoms with Crippen molar-refractivity contribution in [2.45, 2.75) is 25.8 Å². The molecule has 2 aliphatic heterocycles. The molecule has 0 aliphatic carbocycles. The van der Waals surface area contributed by atoms with Gasteiger partial charge in [0.1, 0.15) is 11.6 Å². The molecule has 5 nitrogen and oxygen atoms in total. The van der Waals surface area contributed by atoms with E-state index in [0.717, 1.165) is 37.2 Å². The summed E-state index contributed by atoms with van der Waals surface area (Å²) in [6, 6.07) is 2.56. The van der Waals surface area contributed by atoms with Gasteiger partial charge in [0.15, 0.2) is 0 Å². The van der Waals surface area contributed by atoms with E-state index in [1.807, 2.05) is 13.0 Å². The van der Waals surface area contributed by atoms with Gasteiger partial charge in [-0.3, -0.25) is 0 Å². The van der Waals surface area contributed by atoms with Crippen molar-refractivity contribution in [3.63, 3.8) is 0 Å². The van der Waals surface area contributed by atoms with E-state index < -0.39 is 0 Å². The van der Waals surface area contributed by atoms with Crippen LogP contribution in [0.2, 0.25) is 0 Å². The van der Waals surface area contributed by atoms with Gasteiger partial charge in [0, 0.05) is 25.2 Å². The maximum Gasteiger partial charge on any atom is 0.218 e. The van der Waals surface area contributed by atoms with Gasteiger partial charge < -0.3 is 15.0 Å². The summed E-state index contributed by atoms with van der Waals surface area (Å²) in [6.45, 7) is 5.20. The summed E-state index contributed by atoms with van der Waals surface area (Å²) in [4.78, 5) is 11.1. The highest BCUT2D eigenvalue weighted by Gasteiger charge is 2.34. The van der Waals surface area contributed by atoms with Gasteiger partial charge in [0.25, 0.3) is 0 Å². The van der Waals surface area contributed by atoms with Gasteiger partial charge in [0.2, 0.25) is 5.88 Å². The Morgan fingerprint density at radius 3 is 3.06 bits per heavy atom. The average Bonchev–Trinajstić information content (AvgIpc) is 2.81. The van der Waals surface area contributed by atoms with Crippen molar-refractivity contribution in [3.8, 4) is 5.88 Å². The van der Waals surface area contributed by atoms with Crippen molar-refractivity contribution in [2.75, 3.05) is 31.6 Å². The number of nitrogens with zero attached hydrogens (tertiary/aromatic N) is 3. The van der Waals surface area contributed by atoms with E-state index in [0.29, 0.717) is 11.9 Å². The van der Waals surface area contributed by atoms with Gasteiger partial charge in [-0.15, -0.1) is 0 Å². The van der Waals surface area contributed by atoms with Crippen LogP contribution in [0.25, 0.3) is 0 Å². The third-order valence-corrected chi connectivity index (χ3v) is 3.93. The fraction of sp³-hybridized carbons (Fsp3) is 0.692. The summed E-state index contributed by atoms with van der Waals surface area (Å²) in [5, 5.41) is 3.61. The Morgan fingerprint density at radius 2 is 2.28 bits per heavy atom. The molecule has 3 rings (SSSR count). The Balaban J connectivity index is 1.81. The van der Waals surface area contributed by atoms with Gasteiger partial charge >= 0.3 is 0 Å². The number of methoxy groups -OCH3 is 1. The number of hydrogen-bond donors (Lipinski definition) is 1. The molecule has 0 spiro atoms. The van der Waals surface area contributed by atoms with Crippen LogP contribution in [0.3, 0.4) is 0 Å². The normalized spacial score (nSPS) is 27.1. The standard InChI is InChI=1S/C13H20N4O/c1-9-15-12(6-13(16-9)18-2)17-7-10-4-3-5-14-11(10)8-17/h6,10-11,14H,3-5,7-8H2,1-2H3. The number of hydrogen-bond acceptors (Lipinski definition) is 5. The number of aryl methyl sites for hydroxylation is 1. The molecule has 0 amide bonds. The van der Waals surface area contributed by atoms with E-state index in [1.165, 1.54) is 12.8 Å². The second kappa shape index (κ2) is 4.72. The Kier molecular flexibility index (Phi) is 3.07. The van der Waals surface area contributed by atoms with Crippen LogP contribution in [-0.4, -0.2) is 42.8 Å². The number of piperidine rings is 1. The fourth-order valence-corrected chi connectivity index (χ4v) is 3.03. The van der Waals surface area contributed by atoms with Crippen LogP contribution in [0, 0.1) is 12.8 Å². The van der Waals surface area contributed by atoms with Crippen LogP contribution in [0.4, 0.5) is 5.82 Å². The number of fused-ring (bicyclic) bond motifs is 1. The lowest BCUT2D eigenvalue weighted by molar-refractivity contribution is 0.340. The van der Waals surface area contributed by atoms with E-state index in [4.69, 9.17) is 4.74 Å². The Labute approximate surface area is 108 Å². The first kappa shape index (κ1) is 11.7. The zero-order chi connectivity index (χ0) is 12.5. The van der Waals surface area contributed by atoms with Crippen LogP contribution >= 0.6 is 0 Å². The monoisotopic (exact) mass is 248 g/mol. The molecular formula is C13H20N4O. The van der Waals surface area contributed by atoms with Crippen LogP contribution in [0.15, 0.2) is 6.07 Å². The first-order valence-electron chi connectivity index (χ1n) is 6.64. The lowest BCUT2D eigenvalue weighted by atomic mass is 9.94. The molecule has 2 atom stereocenters. The molecule has 18 heavy (non-hydrogen) atoms. The van der Waals surface area contributed by atoms with Gasteiger partial charge in [-0.1, -0.05) is 0 Å². The molecule has 3 heterocycles. The highest BCUT2D eigenvalue weighted by molar-refractivity contribution is 5.43. The minimum Gasteiger partial charge on any atom is -0.481 e. The molecule has 1 aromatic rings. The molecule has 2 saturated heterocycles. The summed E-state index contributed by atoms with van der Waals surface area (Å²) >= 11 is 0. The van der Waals surface area contributed by atoms with Gasteiger partial charge in [0.05, 0.1) is 7.11 Å². The fourth-order valence-electron chi connectivity index (χ4n) is 3.03. The molecule has 5 heteroatoms. The van der Waals surface area contributed by atoms with Crippen LogP contribution < -0.4 is 15.0 Å². The SMILES string of the molecule is COc1cc(N2CC3CCCNC3C2)nc(C)n1. The van der Waals surface area contributed by atoms with Crippen LogP contribution in [-0.2, 0) is 0 Å². The summed E-state index contributed by atoms with van der Waals surface area (Å²) in [7, 11) is 1.65. The molecule has 0 aromatic carbocycles. The van der Waals surface area contributed by atoms with E-state index >= 15 is 0 Å². The second-order valence-electron chi connectivity index (χ2n) is 5.18. The van der Waals surface area contributed by atoms with E-state index in [-0.39, 0.29) is 0 Å². The number of anilines is 1. The highest BCUT2D eigenvalue weighted by Crippen LogP contribution is 2.29. The van der Waals surface area contributed by atoms with Gasteiger partial charge in [-0.05, 0) is 32.2 Å². The predicted octanol–water partition coefficient (Wildman–Crippen LogP) is 0.982. The van der Waals surface area contributed by atoms with Crippen molar-refractivity contribution in [3.05, 3.63) is 11.9 Å². The lowest BCUT2D eigenvalue weighted by Crippen LogP contribution is -2.40. The maximum absolute atomic E-state index is 5.22. The first-order chi connectivity index (χ1) is 8.76. The summed E-state index contributed by atoms with van der Waals surface area (Å²) < 4.78 is 5.22. The summed E-state index contributed by atoms with van der Waals surface area (Å²) in [5.74, 6) is 3.18. The molecule has 1 aromatic heterocycles. The van der Waals surface area contributed by atoms with Crippen LogP contribution in [0.5, 0.6) is 5.88 Å². The van der Waals surface area contributed by atoms with Crippen molar-refractivity contribution in [2.24, 2.45) is 5.92 Å². The van der Waals surface area contributed by atoms with Crippen molar-refractivity contribution >= 4 is 5.82 Å². The Hall–Kier alpha value is -1.36. The predicted molar refractivity (Wildman–Crippen MR) is 70.0 cm³/mol. The largest absolute Gasteiger partial charge is 0.481 e. The third-order valence-electron chi connectivity index (χ3n) is 3.93. The molecule has 1 N–H and O–H groups in total. The van der Waals surface area contributed by atoms with Crippen molar-refractivity contribution in [1.29, 1.82) is 0 Å². The quantitative estimate of drug-likeness (QED) is 0.845. The van der Waals surface area contributed by atoms with Crippen molar-refractivity contribution in [1.82, 2.24) is 15.3 Å². The number of nitrogens with one attached hydrogen (secondary N) is 1. The lowest BCUT2D eigenvalue weighted by Gasteiger charge is -2.24. The molecule has 98 valence electrons. The first-order valence-corrected chi connectivity index (χ1v) is 6.64. The minimum absolute atomic E-state index is 0.625. The maximum atomic E-state index is 5.22. The number of rotatable bonds is 2. The van der Waals surface area contributed by atoms with Crippen molar-refractivity contribution < 1.29 is 4.74 Å². The molecule has 2 aliphatic rings. The Morgan fingerprint density at radius 1 is 1.39 bits per heavy atom. The van der Waals surface area contributed by atoms with E-state index in [9.17, 15) is 0 Å². The molecule has 0 bridgehead atoms. The number of ether oxygens (including phenoxy) is 1. The molecule has 2 unspecified atom stereocenters. The zero-order valence-electron chi connectivity index (χ0n) is 11.0. The smallest absolute Gasteiger partial charge is 0.218 e.